The molecule has 2 heterocycles. The molecule has 22 heavy (non-hydrogen) atoms. The van der Waals surface area contributed by atoms with E-state index in [1.807, 2.05) is 6.07 Å². The lowest BCUT2D eigenvalue weighted by atomic mass is 10.00. The summed E-state index contributed by atoms with van der Waals surface area (Å²) in [5, 5.41) is 1.42. The zero-order valence-corrected chi connectivity index (χ0v) is 12.2. The Kier molecular flexibility index (Phi) is 3.60. The highest BCUT2D eigenvalue weighted by molar-refractivity contribution is 5.64. The SMILES string of the molecule is C=C(N1CCc2ccccc2C1)N(N)c1ccc(=O)[nH]c1N. The van der Waals surface area contributed by atoms with E-state index in [4.69, 9.17) is 11.6 Å². The fourth-order valence-electron chi connectivity index (χ4n) is 2.70. The van der Waals surface area contributed by atoms with Gasteiger partial charge in [0.05, 0.1) is 5.69 Å². The fourth-order valence-corrected chi connectivity index (χ4v) is 2.70. The third-order valence-electron chi connectivity index (χ3n) is 3.96. The number of rotatable bonds is 3. The van der Waals surface area contributed by atoms with E-state index in [1.54, 1.807) is 6.07 Å². The van der Waals surface area contributed by atoms with Crippen LogP contribution in [0.15, 0.2) is 53.6 Å². The van der Waals surface area contributed by atoms with Gasteiger partial charge in [0.25, 0.3) is 0 Å². The average molecular weight is 297 g/mol. The Balaban J connectivity index is 1.81. The summed E-state index contributed by atoms with van der Waals surface area (Å²) < 4.78 is 0. The topological polar surface area (TPSA) is 91.4 Å². The Labute approximate surface area is 128 Å². The van der Waals surface area contributed by atoms with E-state index >= 15 is 0 Å². The summed E-state index contributed by atoms with van der Waals surface area (Å²) in [4.78, 5) is 15.9. The number of fused-ring (bicyclic) bond motifs is 1. The number of anilines is 2. The quantitative estimate of drug-likeness (QED) is 0.584. The molecule has 0 unspecified atom stereocenters. The van der Waals surface area contributed by atoms with Gasteiger partial charge in [-0.25, -0.2) is 5.84 Å². The predicted molar refractivity (Wildman–Crippen MR) is 87.8 cm³/mol. The van der Waals surface area contributed by atoms with Crippen molar-refractivity contribution in [2.45, 2.75) is 13.0 Å². The third-order valence-corrected chi connectivity index (χ3v) is 3.96. The molecule has 5 N–H and O–H groups in total. The Bertz CT molecular complexity index is 767. The first-order valence-corrected chi connectivity index (χ1v) is 7.10. The molecule has 0 bridgehead atoms. The number of aromatic nitrogens is 1. The lowest BCUT2D eigenvalue weighted by Crippen LogP contribution is -2.42. The van der Waals surface area contributed by atoms with Crippen molar-refractivity contribution in [3.63, 3.8) is 0 Å². The van der Waals surface area contributed by atoms with Crippen molar-refractivity contribution in [1.29, 1.82) is 0 Å². The highest BCUT2D eigenvalue weighted by atomic mass is 16.1. The Morgan fingerprint density at radius 2 is 1.95 bits per heavy atom. The summed E-state index contributed by atoms with van der Waals surface area (Å²) in [6.45, 7) is 5.67. The summed E-state index contributed by atoms with van der Waals surface area (Å²) in [7, 11) is 0. The highest BCUT2D eigenvalue weighted by Crippen LogP contribution is 2.25. The van der Waals surface area contributed by atoms with Crippen LogP contribution in [-0.2, 0) is 13.0 Å². The fraction of sp³-hybridized carbons (Fsp3) is 0.188. The number of nitrogen functional groups attached to an aromatic ring is 1. The molecule has 0 atom stereocenters. The zero-order valence-electron chi connectivity index (χ0n) is 12.2. The lowest BCUT2D eigenvalue weighted by Gasteiger charge is -2.36. The Morgan fingerprint density at radius 3 is 2.68 bits per heavy atom. The lowest BCUT2D eigenvalue weighted by molar-refractivity contribution is 0.314. The maximum Gasteiger partial charge on any atom is 0.249 e. The summed E-state index contributed by atoms with van der Waals surface area (Å²) in [6, 6.07) is 11.3. The molecule has 0 fully saturated rings. The average Bonchev–Trinajstić information content (AvgIpc) is 2.53. The van der Waals surface area contributed by atoms with Crippen LogP contribution in [0.2, 0.25) is 0 Å². The van der Waals surface area contributed by atoms with Gasteiger partial charge < -0.3 is 15.6 Å². The van der Waals surface area contributed by atoms with Crippen LogP contribution in [0.25, 0.3) is 0 Å². The number of hydrogen-bond acceptors (Lipinski definition) is 5. The number of hydrogen-bond donors (Lipinski definition) is 3. The predicted octanol–water partition coefficient (Wildman–Crippen LogP) is 1.17. The molecular formula is C16H19N5O. The maximum absolute atomic E-state index is 11.2. The van der Waals surface area contributed by atoms with E-state index in [1.165, 1.54) is 22.2 Å². The van der Waals surface area contributed by atoms with Crippen molar-refractivity contribution in [1.82, 2.24) is 9.88 Å². The largest absolute Gasteiger partial charge is 0.383 e. The zero-order chi connectivity index (χ0) is 15.7. The van der Waals surface area contributed by atoms with Gasteiger partial charge in [0, 0.05) is 19.2 Å². The molecular weight excluding hydrogens is 278 g/mol. The number of nitrogens with two attached hydrogens (primary N) is 2. The molecule has 1 aromatic heterocycles. The smallest absolute Gasteiger partial charge is 0.249 e. The van der Waals surface area contributed by atoms with Gasteiger partial charge in [-0.3, -0.25) is 9.80 Å². The molecule has 3 rings (SSSR count). The number of H-pyrrole nitrogens is 1. The molecule has 2 aromatic rings. The molecule has 0 saturated heterocycles. The molecule has 0 amide bonds. The molecule has 1 aromatic carbocycles. The van der Waals surface area contributed by atoms with Crippen LogP contribution in [0.5, 0.6) is 0 Å². The minimum Gasteiger partial charge on any atom is -0.383 e. The van der Waals surface area contributed by atoms with Crippen molar-refractivity contribution in [3.05, 3.63) is 70.3 Å². The van der Waals surface area contributed by atoms with Crippen molar-refractivity contribution in [2.24, 2.45) is 5.84 Å². The van der Waals surface area contributed by atoms with Gasteiger partial charge in [0.15, 0.2) is 0 Å². The molecule has 0 radical (unpaired) electrons. The van der Waals surface area contributed by atoms with Gasteiger partial charge in [-0.15, -0.1) is 0 Å². The van der Waals surface area contributed by atoms with Crippen LogP contribution in [0.3, 0.4) is 0 Å². The first kappa shape index (κ1) is 14.2. The van der Waals surface area contributed by atoms with Crippen LogP contribution in [0, 0.1) is 0 Å². The van der Waals surface area contributed by atoms with Gasteiger partial charge in [-0.2, -0.15) is 0 Å². The van der Waals surface area contributed by atoms with E-state index in [9.17, 15) is 4.79 Å². The summed E-state index contributed by atoms with van der Waals surface area (Å²) in [5.41, 5.74) is 8.74. The normalized spacial score (nSPS) is 13.6. The Morgan fingerprint density at radius 1 is 1.23 bits per heavy atom. The molecule has 6 heteroatoms. The summed E-state index contributed by atoms with van der Waals surface area (Å²) >= 11 is 0. The maximum atomic E-state index is 11.2. The van der Waals surface area contributed by atoms with Crippen molar-refractivity contribution >= 4 is 11.5 Å². The van der Waals surface area contributed by atoms with Gasteiger partial charge in [0.1, 0.15) is 11.6 Å². The highest BCUT2D eigenvalue weighted by Gasteiger charge is 2.21. The van der Waals surface area contributed by atoms with E-state index < -0.39 is 0 Å². The minimum atomic E-state index is -0.257. The second kappa shape index (κ2) is 5.57. The number of nitrogens with zero attached hydrogens (tertiary/aromatic N) is 2. The van der Waals surface area contributed by atoms with Gasteiger partial charge in [0.2, 0.25) is 5.56 Å². The standard InChI is InChI=1S/C16H19N5O/c1-11(21(18)14-6-7-15(22)19-16(14)17)20-9-8-12-4-2-3-5-13(12)10-20/h2-7H,1,8-10,18H2,(H3,17,19,22). The minimum absolute atomic E-state index is 0.230. The van der Waals surface area contributed by atoms with Crippen molar-refractivity contribution in [3.8, 4) is 0 Å². The number of aromatic amines is 1. The molecule has 114 valence electrons. The van der Waals surface area contributed by atoms with Gasteiger partial charge in [-0.05, 0) is 23.6 Å². The molecule has 0 saturated carbocycles. The van der Waals surface area contributed by atoms with Crippen molar-refractivity contribution in [2.75, 3.05) is 17.3 Å². The van der Waals surface area contributed by atoms with Gasteiger partial charge in [-0.1, -0.05) is 30.8 Å². The molecule has 0 aliphatic carbocycles. The number of nitrogens with one attached hydrogen (secondary N) is 1. The van der Waals surface area contributed by atoms with Crippen LogP contribution in [-0.4, -0.2) is 16.4 Å². The Hall–Kier alpha value is -2.73. The monoisotopic (exact) mass is 297 g/mol. The second-order valence-electron chi connectivity index (χ2n) is 5.35. The summed E-state index contributed by atoms with van der Waals surface area (Å²) in [5.74, 6) is 7.01. The van der Waals surface area contributed by atoms with Crippen LogP contribution in [0.1, 0.15) is 11.1 Å². The molecule has 1 aliphatic rings. The third kappa shape index (κ3) is 2.56. The van der Waals surface area contributed by atoms with Crippen molar-refractivity contribution < 1.29 is 0 Å². The van der Waals surface area contributed by atoms with Crippen LogP contribution in [0.4, 0.5) is 11.5 Å². The van der Waals surface area contributed by atoms with E-state index in [-0.39, 0.29) is 11.4 Å². The van der Waals surface area contributed by atoms with Gasteiger partial charge >= 0.3 is 0 Å². The molecule has 6 nitrogen and oxygen atoms in total. The number of pyridine rings is 1. The van der Waals surface area contributed by atoms with E-state index in [0.29, 0.717) is 11.5 Å². The van der Waals surface area contributed by atoms with E-state index in [0.717, 1.165) is 19.5 Å². The number of hydrazine groups is 1. The van der Waals surface area contributed by atoms with E-state index in [2.05, 4.69) is 34.7 Å². The van der Waals surface area contributed by atoms with Crippen LogP contribution >= 0.6 is 0 Å². The molecule has 1 aliphatic heterocycles. The number of benzene rings is 1. The first-order chi connectivity index (χ1) is 10.6. The summed E-state index contributed by atoms with van der Waals surface area (Å²) in [6.07, 6.45) is 0.949. The second-order valence-corrected chi connectivity index (χ2v) is 5.35. The first-order valence-electron chi connectivity index (χ1n) is 7.10. The van der Waals surface area contributed by atoms with Crippen LogP contribution < -0.4 is 22.1 Å². The molecule has 0 spiro atoms.